The Balaban J connectivity index is 2.58. The van der Waals surface area contributed by atoms with E-state index in [1.54, 1.807) is 12.1 Å². The molecule has 2 aromatic rings. The molecule has 0 aromatic heterocycles. The second-order valence-electron chi connectivity index (χ2n) is 5.04. The lowest BCUT2D eigenvalue weighted by Crippen LogP contribution is -2.30. The molecule has 0 spiro atoms. The number of aryl methyl sites for hydroxylation is 3. The van der Waals surface area contributed by atoms with Gasteiger partial charge in [0.1, 0.15) is 5.82 Å². The molecule has 0 bridgehead atoms. The van der Waals surface area contributed by atoms with E-state index in [-0.39, 0.29) is 11.9 Å². The summed E-state index contributed by atoms with van der Waals surface area (Å²) in [7, 11) is 0. The fraction of sp³-hybridized carbons (Fsp3) is 0.250. The molecule has 4 heteroatoms. The fourth-order valence-corrected chi connectivity index (χ4v) is 2.77. The summed E-state index contributed by atoms with van der Waals surface area (Å²) in [6, 6.07) is 9.04. The van der Waals surface area contributed by atoms with Gasteiger partial charge in [-0.3, -0.25) is 5.84 Å². The number of benzene rings is 2. The Morgan fingerprint density at radius 3 is 2.35 bits per heavy atom. The molecule has 0 aliphatic rings. The van der Waals surface area contributed by atoms with Crippen molar-refractivity contribution in [3.8, 4) is 0 Å². The molecule has 2 nitrogen and oxygen atoms in total. The zero-order chi connectivity index (χ0) is 14.9. The van der Waals surface area contributed by atoms with E-state index >= 15 is 0 Å². The van der Waals surface area contributed by atoms with Crippen LogP contribution in [0.15, 0.2) is 34.8 Å². The van der Waals surface area contributed by atoms with Crippen molar-refractivity contribution in [3.63, 3.8) is 0 Å². The average Bonchev–Trinajstić information content (AvgIpc) is 2.41. The van der Waals surface area contributed by atoms with Crippen LogP contribution in [0.1, 0.15) is 33.9 Å². The molecule has 1 atom stereocenters. The standard InChI is InChI=1S/C16H18BrFN2/c1-9-7-11(3)13(8-10(9)2)16(20-19)12-5-4-6-14(17)15(12)18/h4-8,16,20H,19H2,1-3H3. The molecule has 20 heavy (non-hydrogen) atoms. The van der Waals surface area contributed by atoms with Gasteiger partial charge in [-0.2, -0.15) is 0 Å². The Morgan fingerprint density at radius 2 is 1.70 bits per heavy atom. The first-order valence-corrected chi connectivity index (χ1v) is 7.22. The Kier molecular flexibility index (Phi) is 4.58. The van der Waals surface area contributed by atoms with E-state index < -0.39 is 0 Å². The number of hydrogen-bond donors (Lipinski definition) is 2. The Bertz CT molecular complexity index is 641. The highest BCUT2D eigenvalue weighted by molar-refractivity contribution is 9.10. The summed E-state index contributed by atoms with van der Waals surface area (Å²) in [5, 5.41) is 0. The molecule has 0 saturated carbocycles. The minimum atomic E-state index is -0.369. The predicted octanol–water partition coefficient (Wildman–Crippen LogP) is 4.07. The van der Waals surface area contributed by atoms with Crippen LogP contribution in [0.4, 0.5) is 4.39 Å². The molecule has 0 fully saturated rings. The van der Waals surface area contributed by atoms with E-state index in [0.717, 1.165) is 11.1 Å². The van der Waals surface area contributed by atoms with Crippen molar-refractivity contribution in [1.82, 2.24) is 5.43 Å². The highest BCUT2D eigenvalue weighted by Crippen LogP contribution is 2.30. The van der Waals surface area contributed by atoms with Crippen molar-refractivity contribution in [2.75, 3.05) is 0 Å². The summed E-state index contributed by atoms with van der Waals surface area (Å²) < 4.78 is 14.7. The molecule has 3 N–H and O–H groups in total. The highest BCUT2D eigenvalue weighted by Gasteiger charge is 2.20. The molecule has 0 amide bonds. The fourth-order valence-electron chi connectivity index (χ4n) is 2.38. The Hall–Kier alpha value is -1.23. The van der Waals surface area contributed by atoms with E-state index in [0.29, 0.717) is 10.0 Å². The van der Waals surface area contributed by atoms with Crippen LogP contribution >= 0.6 is 15.9 Å². The van der Waals surface area contributed by atoms with Gasteiger partial charge in [0.05, 0.1) is 10.5 Å². The summed E-state index contributed by atoms with van der Waals surface area (Å²) in [6.07, 6.45) is 0. The smallest absolute Gasteiger partial charge is 0.142 e. The molecular weight excluding hydrogens is 319 g/mol. The van der Waals surface area contributed by atoms with Gasteiger partial charge >= 0.3 is 0 Å². The van der Waals surface area contributed by atoms with Crippen LogP contribution in [0.2, 0.25) is 0 Å². The van der Waals surface area contributed by atoms with Crippen LogP contribution in [0.3, 0.4) is 0 Å². The summed E-state index contributed by atoms with van der Waals surface area (Å²) in [4.78, 5) is 0. The molecule has 1 unspecified atom stereocenters. The van der Waals surface area contributed by atoms with E-state index in [1.807, 2.05) is 19.9 Å². The number of hydrogen-bond acceptors (Lipinski definition) is 2. The lowest BCUT2D eigenvalue weighted by atomic mass is 9.92. The number of nitrogens with two attached hydrogens (primary N) is 1. The number of rotatable bonds is 3. The zero-order valence-electron chi connectivity index (χ0n) is 11.8. The number of nitrogens with one attached hydrogen (secondary N) is 1. The molecule has 0 saturated heterocycles. The van der Waals surface area contributed by atoms with Gasteiger partial charge in [0.25, 0.3) is 0 Å². The monoisotopic (exact) mass is 336 g/mol. The molecule has 0 aliphatic carbocycles. The maximum absolute atomic E-state index is 14.3. The summed E-state index contributed by atoms with van der Waals surface area (Å²) >= 11 is 3.22. The molecule has 0 heterocycles. The van der Waals surface area contributed by atoms with Gasteiger partial charge < -0.3 is 0 Å². The van der Waals surface area contributed by atoms with Gasteiger partial charge in [-0.1, -0.05) is 24.3 Å². The van der Waals surface area contributed by atoms with Gasteiger partial charge in [0, 0.05) is 5.56 Å². The molecule has 2 aromatic carbocycles. The third-order valence-electron chi connectivity index (χ3n) is 3.65. The van der Waals surface area contributed by atoms with Crippen molar-refractivity contribution in [1.29, 1.82) is 0 Å². The van der Waals surface area contributed by atoms with Crippen molar-refractivity contribution in [2.45, 2.75) is 26.8 Å². The van der Waals surface area contributed by atoms with Gasteiger partial charge in [0.15, 0.2) is 0 Å². The normalized spacial score (nSPS) is 12.5. The minimum absolute atomic E-state index is 0.284. The van der Waals surface area contributed by atoms with Crippen LogP contribution in [0.5, 0.6) is 0 Å². The van der Waals surface area contributed by atoms with Gasteiger partial charge in [-0.25, -0.2) is 9.82 Å². The third kappa shape index (κ3) is 2.77. The molecule has 0 radical (unpaired) electrons. The molecule has 2 rings (SSSR count). The first-order chi connectivity index (χ1) is 9.45. The third-order valence-corrected chi connectivity index (χ3v) is 4.26. The van der Waals surface area contributed by atoms with E-state index in [4.69, 9.17) is 5.84 Å². The zero-order valence-corrected chi connectivity index (χ0v) is 13.4. The summed E-state index contributed by atoms with van der Waals surface area (Å²) in [5.74, 6) is 5.40. The molecule has 0 aliphatic heterocycles. The van der Waals surface area contributed by atoms with Crippen LogP contribution in [0, 0.1) is 26.6 Å². The second-order valence-corrected chi connectivity index (χ2v) is 5.89. The van der Waals surface area contributed by atoms with Crippen LogP contribution in [0.25, 0.3) is 0 Å². The maximum atomic E-state index is 14.3. The van der Waals surface area contributed by atoms with E-state index in [9.17, 15) is 4.39 Å². The molecule has 106 valence electrons. The topological polar surface area (TPSA) is 38.0 Å². The van der Waals surface area contributed by atoms with Crippen molar-refractivity contribution >= 4 is 15.9 Å². The van der Waals surface area contributed by atoms with Gasteiger partial charge in [0.2, 0.25) is 0 Å². The maximum Gasteiger partial charge on any atom is 0.142 e. The lowest BCUT2D eigenvalue weighted by molar-refractivity contribution is 0.554. The lowest BCUT2D eigenvalue weighted by Gasteiger charge is -2.21. The van der Waals surface area contributed by atoms with Gasteiger partial charge in [-0.15, -0.1) is 0 Å². The largest absolute Gasteiger partial charge is 0.271 e. The SMILES string of the molecule is Cc1cc(C)c(C(NN)c2cccc(Br)c2F)cc1C. The first-order valence-electron chi connectivity index (χ1n) is 6.43. The van der Waals surface area contributed by atoms with Crippen LogP contribution in [-0.2, 0) is 0 Å². The van der Waals surface area contributed by atoms with E-state index in [1.165, 1.54) is 11.1 Å². The van der Waals surface area contributed by atoms with Crippen molar-refractivity contribution in [3.05, 3.63) is 68.4 Å². The van der Waals surface area contributed by atoms with Crippen LogP contribution in [-0.4, -0.2) is 0 Å². The number of hydrazine groups is 1. The number of halogens is 2. The summed E-state index contributed by atoms with van der Waals surface area (Å²) in [6.45, 7) is 6.13. The summed E-state index contributed by atoms with van der Waals surface area (Å²) in [5.41, 5.74) is 7.74. The minimum Gasteiger partial charge on any atom is -0.271 e. The van der Waals surface area contributed by atoms with Gasteiger partial charge in [-0.05, 0) is 65.0 Å². The average molecular weight is 337 g/mol. The van der Waals surface area contributed by atoms with Crippen molar-refractivity contribution < 1.29 is 4.39 Å². The Labute approximate surface area is 127 Å². The second kappa shape index (κ2) is 6.04. The molecular formula is C16H18BrFN2. The van der Waals surface area contributed by atoms with Crippen LogP contribution < -0.4 is 11.3 Å². The van der Waals surface area contributed by atoms with Crippen molar-refractivity contribution in [2.24, 2.45) is 5.84 Å². The Morgan fingerprint density at radius 1 is 1.05 bits per heavy atom. The van der Waals surface area contributed by atoms with E-state index in [2.05, 4.69) is 40.4 Å². The highest BCUT2D eigenvalue weighted by atomic mass is 79.9. The predicted molar refractivity (Wildman–Crippen MR) is 83.9 cm³/mol. The quantitative estimate of drug-likeness (QED) is 0.655. The first kappa shape index (κ1) is 15.2.